The second-order valence-electron chi connectivity index (χ2n) is 4.37. The highest BCUT2D eigenvalue weighted by Crippen LogP contribution is 2.21. The molecule has 2 aromatic carbocycles. The van der Waals surface area contributed by atoms with Crippen molar-refractivity contribution in [2.24, 2.45) is 0 Å². The van der Waals surface area contributed by atoms with E-state index in [0.29, 0.717) is 5.56 Å². The average Bonchev–Trinajstić information content (AvgIpc) is 2.47. The van der Waals surface area contributed by atoms with Gasteiger partial charge in [-0.1, -0.05) is 67.6 Å². The highest BCUT2D eigenvalue weighted by molar-refractivity contribution is 5.99. The number of carbonyl (C=O) groups is 1. The molecule has 0 fully saturated rings. The third-order valence-corrected chi connectivity index (χ3v) is 3.13. The maximum absolute atomic E-state index is 12.1. The van der Waals surface area contributed by atoms with Crippen molar-refractivity contribution in [3.05, 3.63) is 71.8 Å². The molecule has 0 aliphatic rings. The van der Waals surface area contributed by atoms with Crippen molar-refractivity contribution in [1.29, 1.82) is 0 Å². The fourth-order valence-corrected chi connectivity index (χ4v) is 1.94. The molecule has 2 aromatic rings. The number of hydrogen-bond acceptors (Lipinski definition) is 2. The molecule has 0 spiro atoms. The smallest absolute Gasteiger partial charge is 0.191 e. The molecule has 0 heterocycles. The molecule has 2 rings (SSSR count). The van der Waals surface area contributed by atoms with Crippen molar-refractivity contribution < 1.29 is 9.90 Å². The summed E-state index contributed by atoms with van der Waals surface area (Å²) >= 11 is 0. The van der Waals surface area contributed by atoms with E-state index in [1.807, 2.05) is 43.3 Å². The van der Waals surface area contributed by atoms with Crippen molar-refractivity contribution in [3.63, 3.8) is 0 Å². The molecule has 0 amide bonds. The van der Waals surface area contributed by atoms with E-state index in [1.165, 1.54) is 0 Å². The number of ketones is 1. The molecule has 0 aliphatic carbocycles. The number of benzene rings is 2. The summed E-state index contributed by atoms with van der Waals surface area (Å²) in [4.78, 5) is 12.1. The topological polar surface area (TPSA) is 37.3 Å². The Morgan fingerprint density at radius 3 is 2.00 bits per heavy atom. The Hall–Kier alpha value is -1.93. The Morgan fingerprint density at radius 2 is 1.44 bits per heavy atom. The van der Waals surface area contributed by atoms with Crippen LogP contribution in [0.5, 0.6) is 0 Å². The number of hydrogen-bond donors (Lipinski definition) is 1. The van der Waals surface area contributed by atoms with E-state index in [9.17, 15) is 9.90 Å². The fourth-order valence-electron chi connectivity index (χ4n) is 1.94. The number of aliphatic hydroxyl groups excluding tert-OH is 1. The van der Waals surface area contributed by atoms with E-state index >= 15 is 0 Å². The van der Waals surface area contributed by atoms with Crippen LogP contribution < -0.4 is 0 Å². The van der Waals surface area contributed by atoms with Crippen LogP contribution in [0.25, 0.3) is 0 Å². The van der Waals surface area contributed by atoms with Crippen LogP contribution in [0.2, 0.25) is 0 Å². The first kappa shape index (κ1) is 12.5. The second-order valence-corrected chi connectivity index (χ2v) is 4.37. The van der Waals surface area contributed by atoms with Crippen molar-refractivity contribution in [2.45, 2.75) is 18.9 Å². The maximum Gasteiger partial charge on any atom is 0.191 e. The lowest BCUT2D eigenvalue weighted by Crippen LogP contribution is -2.26. The van der Waals surface area contributed by atoms with Gasteiger partial charge in [0.25, 0.3) is 0 Å². The highest BCUT2D eigenvalue weighted by Gasteiger charge is 2.24. The van der Waals surface area contributed by atoms with Gasteiger partial charge in [-0.15, -0.1) is 0 Å². The summed E-state index contributed by atoms with van der Waals surface area (Å²) in [7, 11) is 0. The fraction of sp³-hybridized carbons (Fsp3) is 0.188. The molecule has 0 bridgehead atoms. The molecule has 0 saturated heterocycles. The van der Waals surface area contributed by atoms with Gasteiger partial charge in [0.2, 0.25) is 0 Å². The van der Waals surface area contributed by atoms with Crippen LogP contribution in [-0.4, -0.2) is 17.0 Å². The lowest BCUT2D eigenvalue weighted by atomic mass is 9.90. The molecule has 2 unspecified atom stereocenters. The number of rotatable bonds is 4. The minimum atomic E-state index is -1.00. The van der Waals surface area contributed by atoms with Crippen molar-refractivity contribution in [1.82, 2.24) is 0 Å². The molecular formula is C16H16O2. The average molecular weight is 240 g/mol. The summed E-state index contributed by atoms with van der Waals surface area (Å²) < 4.78 is 0. The van der Waals surface area contributed by atoms with Crippen LogP contribution in [0.3, 0.4) is 0 Å². The lowest BCUT2D eigenvalue weighted by Gasteiger charge is -2.18. The van der Waals surface area contributed by atoms with Crippen LogP contribution in [0, 0.1) is 0 Å². The van der Waals surface area contributed by atoms with Crippen LogP contribution in [0.4, 0.5) is 0 Å². The Labute approximate surface area is 107 Å². The van der Waals surface area contributed by atoms with Crippen molar-refractivity contribution >= 4 is 5.78 Å². The maximum atomic E-state index is 12.1. The van der Waals surface area contributed by atoms with Crippen molar-refractivity contribution in [2.75, 3.05) is 0 Å². The number of carbonyl (C=O) groups excluding carboxylic acids is 1. The van der Waals surface area contributed by atoms with E-state index in [0.717, 1.165) is 5.56 Å². The Morgan fingerprint density at radius 1 is 0.944 bits per heavy atom. The highest BCUT2D eigenvalue weighted by atomic mass is 16.3. The third kappa shape index (κ3) is 2.66. The van der Waals surface area contributed by atoms with Gasteiger partial charge in [0.05, 0.1) is 0 Å². The summed E-state index contributed by atoms with van der Waals surface area (Å²) in [6.07, 6.45) is -1.00. The standard InChI is InChI=1S/C16H16O2/c1-12(13-8-4-2-5-9-13)15(17)16(18)14-10-6-3-7-11-14/h2-12,15,17H,1H3. The van der Waals surface area contributed by atoms with E-state index in [-0.39, 0.29) is 11.7 Å². The van der Waals surface area contributed by atoms with Crippen molar-refractivity contribution in [3.8, 4) is 0 Å². The van der Waals surface area contributed by atoms with Gasteiger partial charge in [0.1, 0.15) is 6.10 Å². The van der Waals surface area contributed by atoms with Crippen LogP contribution in [0.1, 0.15) is 28.8 Å². The zero-order chi connectivity index (χ0) is 13.0. The normalized spacial score (nSPS) is 13.9. The Bertz CT molecular complexity index is 505. The molecule has 2 atom stereocenters. The quantitative estimate of drug-likeness (QED) is 0.834. The number of aliphatic hydroxyl groups is 1. The lowest BCUT2D eigenvalue weighted by molar-refractivity contribution is 0.0701. The van der Waals surface area contributed by atoms with Crippen LogP contribution in [0.15, 0.2) is 60.7 Å². The molecule has 0 aromatic heterocycles. The predicted molar refractivity (Wildman–Crippen MR) is 71.6 cm³/mol. The van der Waals surface area contributed by atoms with Gasteiger partial charge < -0.3 is 5.11 Å². The molecule has 2 nitrogen and oxygen atoms in total. The summed E-state index contributed by atoms with van der Waals surface area (Å²) in [6, 6.07) is 18.5. The molecular weight excluding hydrogens is 224 g/mol. The molecule has 1 N–H and O–H groups in total. The van der Waals surface area contributed by atoms with E-state index in [1.54, 1.807) is 24.3 Å². The molecule has 18 heavy (non-hydrogen) atoms. The minimum Gasteiger partial charge on any atom is -0.384 e. The first-order valence-electron chi connectivity index (χ1n) is 6.02. The first-order chi connectivity index (χ1) is 8.70. The van der Waals surface area contributed by atoms with Gasteiger partial charge in [0.15, 0.2) is 5.78 Å². The molecule has 2 heteroatoms. The van der Waals surface area contributed by atoms with Gasteiger partial charge in [-0.05, 0) is 5.56 Å². The molecule has 0 radical (unpaired) electrons. The third-order valence-electron chi connectivity index (χ3n) is 3.13. The van der Waals surface area contributed by atoms with Gasteiger partial charge in [0, 0.05) is 11.5 Å². The molecule has 0 aliphatic heterocycles. The second kappa shape index (κ2) is 5.61. The van der Waals surface area contributed by atoms with E-state index in [4.69, 9.17) is 0 Å². The van der Waals surface area contributed by atoms with Crippen LogP contribution in [-0.2, 0) is 0 Å². The van der Waals surface area contributed by atoms with Gasteiger partial charge >= 0.3 is 0 Å². The van der Waals surface area contributed by atoms with Gasteiger partial charge in [-0.3, -0.25) is 4.79 Å². The molecule has 92 valence electrons. The SMILES string of the molecule is CC(c1ccccc1)C(O)C(=O)c1ccccc1. The molecule has 0 saturated carbocycles. The Balaban J connectivity index is 2.17. The Kier molecular flexibility index (Phi) is 3.90. The predicted octanol–water partition coefficient (Wildman–Crippen LogP) is 3.03. The van der Waals surface area contributed by atoms with Gasteiger partial charge in [-0.2, -0.15) is 0 Å². The zero-order valence-electron chi connectivity index (χ0n) is 10.3. The summed E-state index contributed by atoms with van der Waals surface area (Å²) in [5.74, 6) is -0.439. The summed E-state index contributed by atoms with van der Waals surface area (Å²) in [5, 5.41) is 10.1. The summed E-state index contributed by atoms with van der Waals surface area (Å²) in [5.41, 5.74) is 1.52. The minimum absolute atomic E-state index is 0.209. The zero-order valence-corrected chi connectivity index (χ0v) is 10.3. The van der Waals surface area contributed by atoms with Gasteiger partial charge in [-0.25, -0.2) is 0 Å². The largest absolute Gasteiger partial charge is 0.384 e. The van der Waals surface area contributed by atoms with Crippen LogP contribution >= 0.6 is 0 Å². The summed E-state index contributed by atoms with van der Waals surface area (Å²) in [6.45, 7) is 1.86. The number of Topliss-reactive ketones (excluding diaryl/α,β-unsaturated/α-hetero) is 1. The van der Waals surface area contributed by atoms with E-state index < -0.39 is 6.10 Å². The van der Waals surface area contributed by atoms with E-state index in [2.05, 4.69) is 0 Å². The monoisotopic (exact) mass is 240 g/mol. The first-order valence-corrected chi connectivity index (χ1v) is 6.02.